The van der Waals surface area contributed by atoms with Gasteiger partial charge in [-0.25, -0.2) is 0 Å². The van der Waals surface area contributed by atoms with Gasteiger partial charge in [-0.2, -0.15) is 0 Å². The number of halogens is 2. The highest BCUT2D eigenvalue weighted by Crippen LogP contribution is 2.26. The molecule has 0 saturated carbocycles. The second kappa shape index (κ2) is 7.48. The fourth-order valence-corrected chi connectivity index (χ4v) is 2.56. The molecule has 0 aromatic heterocycles. The molecule has 0 heterocycles. The fraction of sp³-hybridized carbons (Fsp3) is 0.188. The summed E-state index contributed by atoms with van der Waals surface area (Å²) in [7, 11) is 0. The van der Waals surface area contributed by atoms with E-state index in [4.69, 9.17) is 16.3 Å². The minimum atomic E-state index is -0.231. The van der Waals surface area contributed by atoms with Crippen molar-refractivity contribution in [2.75, 3.05) is 11.9 Å². The van der Waals surface area contributed by atoms with Crippen molar-refractivity contribution in [1.29, 1.82) is 0 Å². The molecule has 0 bridgehead atoms. The summed E-state index contributed by atoms with van der Waals surface area (Å²) in [5.74, 6) is 0.579. The third-order valence-electron chi connectivity index (χ3n) is 2.88. The van der Waals surface area contributed by atoms with Crippen LogP contribution in [0.1, 0.15) is 22.8 Å². The quantitative estimate of drug-likeness (QED) is 0.763. The molecular weight excluding hydrogens is 354 g/mol. The topological polar surface area (TPSA) is 38.3 Å². The maximum atomic E-state index is 12.2. The number of carbonyl (C=O) groups is 1. The fourth-order valence-electron chi connectivity index (χ4n) is 1.90. The van der Waals surface area contributed by atoms with Crippen LogP contribution in [-0.4, -0.2) is 12.5 Å². The van der Waals surface area contributed by atoms with Crippen molar-refractivity contribution in [3.63, 3.8) is 0 Å². The normalized spacial score (nSPS) is 10.2. The van der Waals surface area contributed by atoms with Crippen molar-refractivity contribution in [1.82, 2.24) is 0 Å². The SMILES string of the molecule is CCOc1ccc(NC(=O)c2ccccc2Cl)cc1CBr. The standard InChI is InChI=1S/C16H15BrClNO2/c1-2-21-15-8-7-12(9-11(15)10-17)19-16(20)13-5-3-4-6-14(13)18/h3-9H,2,10H2,1H3,(H,19,20). The first-order valence-electron chi connectivity index (χ1n) is 6.53. The lowest BCUT2D eigenvalue weighted by molar-refractivity contribution is 0.102. The minimum absolute atomic E-state index is 0.231. The van der Waals surface area contributed by atoms with Gasteiger partial charge >= 0.3 is 0 Å². The molecule has 3 nitrogen and oxygen atoms in total. The van der Waals surface area contributed by atoms with E-state index in [-0.39, 0.29) is 5.91 Å². The number of amides is 1. The number of benzene rings is 2. The molecule has 2 aromatic rings. The molecule has 0 fully saturated rings. The Morgan fingerprint density at radius 1 is 1.29 bits per heavy atom. The molecule has 0 aliphatic rings. The molecule has 1 amide bonds. The Hall–Kier alpha value is -1.52. The zero-order valence-electron chi connectivity index (χ0n) is 11.5. The van der Waals surface area contributed by atoms with Crippen molar-refractivity contribution < 1.29 is 9.53 Å². The van der Waals surface area contributed by atoms with Crippen LogP contribution in [0, 0.1) is 0 Å². The van der Waals surface area contributed by atoms with E-state index in [9.17, 15) is 4.79 Å². The molecule has 2 rings (SSSR count). The van der Waals surface area contributed by atoms with Gasteiger partial charge in [-0.05, 0) is 37.3 Å². The molecule has 0 aliphatic carbocycles. The summed E-state index contributed by atoms with van der Waals surface area (Å²) in [5, 5.41) is 3.93. The first-order chi connectivity index (χ1) is 10.2. The summed E-state index contributed by atoms with van der Waals surface area (Å²) in [6.07, 6.45) is 0. The van der Waals surface area contributed by atoms with E-state index in [0.717, 1.165) is 11.3 Å². The molecule has 0 radical (unpaired) electrons. The van der Waals surface area contributed by atoms with Crippen molar-refractivity contribution in [2.45, 2.75) is 12.3 Å². The number of rotatable bonds is 5. The van der Waals surface area contributed by atoms with Gasteiger partial charge in [0.1, 0.15) is 5.75 Å². The summed E-state index contributed by atoms with van der Waals surface area (Å²) in [4.78, 5) is 12.2. The first kappa shape index (κ1) is 15.9. The minimum Gasteiger partial charge on any atom is -0.494 e. The maximum Gasteiger partial charge on any atom is 0.257 e. The van der Waals surface area contributed by atoms with Gasteiger partial charge in [0.2, 0.25) is 0 Å². The lowest BCUT2D eigenvalue weighted by Crippen LogP contribution is -2.12. The van der Waals surface area contributed by atoms with Gasteiger partial charge < -0.3 is 10.1 Å². The van der Waals surface area contributed by atoms with Crippen molar-refractivity contribution >= 4 is 39.1 Å². The average Bonchev–Trinajstić information content (AvgIpc) is 2.49. The Morgan fingerprint density at radius 2 is 2.05 bits per heavy atom. The highest BCUT2D eigenvalue weighted by Gasteiger charge is 2.11. The number of ether oxygens (including phenoxy) is 1. The number of hydrogen-bond acceptors (Lipinski definition) is 2. The van der Waals surface area contributed by atoms with Crippen LogP contribution in [0.4, 0.5) is 5.69 Å². The molecular formula is C16H15BrClNO2. The molecule has 0 saturated heterocycles. The van der Waals surface area contributed by atoms with Crippen LogP contribution in [0.2, 0.25) is 5.02 Å². The summed E-state index contributed by atoms with van der Waals surface area (Å²) in [5.41, 5.74) is 2.14. The highest BCUT2D eigenvalue weighted by molar-refractivity contribution is 9.08. The predicted molar refractivity (Wildman–Crippen MR) is 89.6 cm³/mol. The molecule has 1 N–H and O–H groups in total. The zero-order chi connectivity index (χ0) is 15.2. The second-order valence-electron chi connectivity index (χ2n) is 4.32. The number of anilines is 1. The van der Waals surface area contributed by atoms with Crippen LogP contribution in [0.3, 0.4) is 0 Å². The van der Waals surface area contributed by atoms with E-state index in [0.29, 0.717) is 28.2 Å². The summed E-state index contributed by atoms with van der Waals surface area (Å²) in [6, 6.07) is 12.5. The third-order valence-corrected chi connectivity index (χ3v) is 3.81. The van der Waals surface area contributed by atoms with Gasteiger partial charge in [-0.1, -0.05) is 39.7 Å². The molecule has 0 atom stereocenters. The molecule has 110 valence electrons. The van der Waals surface area contributed by atoms with Crippen LogP contribution in [0.5, 0.6) is 5.75 Å². The smallest absolute Gasteiger partial charge is 0.257 e. The van der Waals surface area contributed by atoms with E-state index in [1.54, 1.807) is 24.3 Å². The van der Waals surface area contributed by atoms with Crippen LogP contribution in [0.15, 0.2) is 42.5 Å². The van der Waals surface area contributed by atoms with Gasteiger partial charge in [0, 0.05) is 16.6 Å². The van der Waals surface area contributed by atoms with Crippen molar-refractivity contribution in [2.24, 2.45) is 0 Å². The lowest BCUT2D eigenvalue weighted by atomic mass is 10.1. The third kappa shape index (κ3) is 3.99. The summed E-state index contributed by atoms with van der Waals surface area (Å²) >= 11 is 9.44. The van der Waals surface area contributed by atoms with E-state index in [1.165, 1.54) is 0 Å². The Kier molecular flexibility index (Phi) is 5.65. The highest BCUT2D eigenvalue weighted by atomic mass is 79.9. The number of hydrogen-bond donors (Lipinski definition) is 1. The molecule has 0 unspecified atom stereocenters. The van der Waals surface area contributed by atoms with Gasteiger partial charge in [0.25, 0.3) is 5.91 Å². The van der Waals surface area contributed by atoms with Crippen LogP contribution >= 0.6 is 27.5 Å². The maximum absolute atomic E-state index is 12.2. The van der Waals surface area contributed by atoms with Crippen LogP contribution < -0.4 is 10.1 Å². The molecule has 0 spiro atoms. The zero-order valence-corrected chi connectivity index (χ0v) is 13.9. The Bertz CT molecular complexity index is 646. The Morgan fingerprint density at radius 3 is 2.71 bits per heavy atom. The summed E-state index contributed by atoms with van der Waals surface area (Å²) in [6.45, 7) is 2.54. The van der Waals surface area contributed by atoms with Crippen LogP contribution in [-0.2, 0) is 5.33 Å². The van der Waals surface area contributed by atoms with Gasteiger partial charge in [0.05, 0.1) is 17.2 Å². The van der Waals surface area contributed by atoms with E-state index in [1.807, 2.05) is 25.1 Å². The van der Waals surface area contributed by atoms with Gasteiger partial charge in [-0.15, -0.1) is 0 Å². The number of carbonyl (C=O) groups excluding carboxylic acids is 1. The molecule has 5 heteroatoms. The van der Waals surface area contributed by atoms with E-state index in [2.05, 4.69) is 21.2 Å². The number of nitrogens with one attached hydrogen (secondary N) is 1. The molecule has 21 heavy (non-hydrogen) atoms. The average molecular weight is 369 g/mol. The van der Waals surface area contributed by atoms with Crippen molar-refractivity contribution in [3.05, 3.63) is 58.6 Å². The lowest BCUT2D eigenvalue weighted by Gasteiger charge is -2.11. The van der Waals surface area contributed by atoms with Crippen LogP contribution in [0.25, 0.3) is 0 Å². The Labute approximate surface area is 137 Å². The first-order valence-corrected chi connectivity index (χ1v) is 8.03. The monoisotopic (exact) mass is 367 g/mol. The Balaban J connectivity index is 2.20. The van der Waals surface area contributed by atoms with Crippen molar-refractivity contribution in [3.8, 4) is 5.75 Å². The largest absolute Gasteiger partial charge is 0.494 e. The van der Waals surface area contributed by atoms with Gasteiger partial charge in [0.15, 0.2) is 0 Å². The van der Waals surface area contributed by atoms with E-state index < -0.39 is 0 Å². The number of alkyl halides is 1. The van der Waals surface area contributed by atoms with E-state index >= 15 is 0 Å². The molecule has 2 aromatic carbocycles. The second-order valence-corrected chi connectivity index (χ2v) is 5.29. The van der Waals surface area contributed by atoms with Gasteiger partial charge in [-0.3, -0.25) is 4.79 Å². The summed E-state index contributed by atoms with van der Waals surface area (Å²) < 4.78 is 5.53. The molecule has 0 aliphatic heterocycles. The predicted octanol–water partition coefficient (Wildman–Crippen LogP) is 4.89.